The molecule has 3 rings (SSSR count). The van der Waals surface area contributed by atoms with Crippen LogP contribution in [0.1, 0.15) is 29.8 Å². The molecule has 2 aromatic rings. The van der Waals surface area contributed by atoms with Crippen molar-refractivity contribution in [2.45, 2.75) is 18.6 Å². The second-order valence-electron chi connectivity index (χ2n) is 4.49. The minimum atomic E-state index is 0.130. The van der Waals surface area contributed by atoms with Crippen molar-refractivity contribution in [2.24, 2.45) is 0 Å². The maximum atomic E-state index is 5.69. The zero-order valence-corrected chi connectivity index (χ0v) is 10.2. The summed E-state index contributed by atoms with van der Waals surface area (Å²) >= 11 is 0. The van der Waals surface area contributed by atoms with Gasteiger partial charge in [-0.05, 0) is 11.1 Å². The zero-order valence-electron chi connectivity index (χ0n) is 10.2. The van der Waals surface area contributed by atoms with E-state index in [1.807, 2.05) is 36.4 Å². The molecule has 2 nitrogen and oxygen atoms in total. The van der Waals surface area contributed by atoms with Crippen molar-refractivity contribution in [3.63, 3.8) is 0 Å². The van der Waals surface area contributed by atoms with Gasteiger partial charge in [0.2, 0.25) is 0 Å². The van der Waals surface area contributed by atoms with Gasteiger partial charge in [0.1, 0.15) is 0 Å². The molecule has 0 spiro atoms. The Morgan fingerprint density at radius 3 is 1.61 bits per heavy atom. The zero-order chi connectivity index (χ0) is 12.2. The van der Waals surface area contributed by atoms with Crippen LogP contribution in [0.25, 0.3) is 0 Å². The van der Waals surface area contributed by atoms with Crippen molar-refractivity contribution in [1.29, 1.82) is 0 Å². The van der Waals surface area contributed by atoms with Crippen LogP contribution in [0, 0.1) is 0 Å². The molecule has 1 heterocycles. The molecule has 0 N–H and O–H groups in total. The Kier molecular flexibility index (Phi) is 3.44. The van der Waals surface area contributed by atoms with Gasteiger partial charge < -0.3 is 9.31 Å². The van der Waals surface area contributed by atoms with Crippen LogP contribution < -0.4 is 0 Å². The Labute approximate surface area is 108 Å². The average Bonchev–Trinajstić information content (AvgIpc) is 2.49. The monoisotopic (exact) mass is 238 g/mol. The lowest BCUT2D eigenvalue weighted by atomic mass is 9.95. The first-order valence-electron chi connectivity index (χ1n) is 6.26. The molecule has 0 radical (unpaired) electrons. The topological polar surface area (TPSA) is 18.5 Å². The number of benzene rings is 2. The van der Waals surface area contributed by atoms with Crippen molar-refractivity contribution >= 4 is 7.69 Å². The maximum absolute atomic E-state index is 5.69. The van der Waals surface area contributed by atoms with E-state index in [9.17, 15) is 0 Å². The highest BCUT2D eigenvalue weighted by molar-refractivity contribution is 6.18. The number of hydrogen-bond donors (Lipinski definition) is 0. The van der Waals surface area contributed by atoms with Crippen molar-refractivity contribution in [2.75, 3.05) is 0 Å². The quantitative estimate of drug-likeness (QED) is 0.748. The van der Waals surface area contributed by atoms with E-state index in [0.717, 1.165) is 6.42 Å². The Bertz CT molecular complexity index is 441. The molecule has 1 saturated heterocycles. The van der Waals surface area contributed by atoms with Gasteiger partial charge in [-0.25, -0.2) is 0 Å². The molecule has 18 heavy (non-hydrogen) atoms. The van der Waals surface area contributed by atoms with E-state index < -0.39 is 0 Å². The van der Waals surface area contributed by atoms with Crippen LogP contribution in [0.5, 0.6) is 0 Å². The second kappa shape index (κ2) is 5.38. The molecular formula is C15H15BO2. The highest BCUT2D eigenvalue weighted by atomic mass is 16.6. The van der Waals surface area contributed by atoms with Crippen LogP contribution in [0.4, 0.5) is 0 Å². The van der Waals surface area contributed by atoms with Gasteiger partial charge in [-0.15, -0.1) is 0 Å². The third kappa shape index (κ3) is 2.47. The van der Waals surface area contributed by atoms with Crippen LogP contribution >= 0.6 is 0 Å². The maximum Gasteiger partial charge on any atom is 0.438 e. The fourth-order valence-electron chi connectivity index (χ4n) is 2.33. The van der Waals surface area contributed by atoms with Crippen molar-refractivity contribution in [3.05, 3.63) is 71.8 Å². The molecule has 1 fully saturated rings. The summed E-state index contributed by atoms with van der Waals surface area (Å²) in [6.45, 7) is 0. The van der Waals surface area contributed by atoms with Gasteiger partial charge in [0.15, 0.2) is 0 Å². The van der Waals surface area contributed by atoms with Crippen molar-refractivity contribution in [3.8, 4) is 0 Å². The van der Waals surface area contributed by atoms with Gasteiger partial charge in [0.05, 0.1) is 12.2 Å². The van der Waals surface area contributed by atoms with Crippen LogP contribution in [0.2, 0.25) is 0 Å². The Hall–Kier alpha value is -1.58. The molecule has 0 aliphatic carbocycles. The van der Waals surface area contributed by atoms with Gasteiger partial charge in [-0.2, -0.15) is 0 Å². The first kappa shape index (κ1) is 11.5. The summed E-state index contributed by atoms with van der Waals surface area (Å²) in [6.07, 6.45) is 1.13. The normalized spacial score (nSPS) is 23.3. The SMILES string of the molecule is B1OC(c2ccccc2)CC(c2ccccc2)O1. The van der Waals surface area contributed by atoms with E-state index in [1.54, 1.807) is 0 Å². The Balaban J connectivity index is 1.77. The van der Waals surface area contributed by atoms with Gasteiger partial charge in [-0.1, -0.05) is 60.7 Å². The Morgan fingerprint density at radius 1 is 0.722 bits per heavy atom. The summed E-state index contributed by atoms with van der Waals surface area (Å²) in [5.74, 6) is 0. The summed E-state index contributed by atoms with van der Waals surface area (Å²) in [6, 6.07) is 20.7. The first-order valence-corrected chi connectivity index (χ1v) is 6.26. The van der Waals surface area contributed by atoms with E-state index >= 15 is 0 Å². The summed E-state index contributed by atoms with van der Waals surface area (Å²) in [4.78, 5) is 0. The minimum Gasteiger partial charge on any atom is -0.407 e. The summed E-state index contributed by atoms with van der Waals surface area (Å²) in [7, 11) is 0.360. The van der Waals surface area contributed by atoms with Crippen LogP contribution in [0.3, 0.4) is 0 Å². The first-order chi connectivity index (χ1) is 8.93. The van der Waals surface area contributed by atoms with E-state index in [4.69, 9.17) is 9.31 Å². The van der Waals surface area contributed by atoms with E-state index in [2.05, 4.69) is 24.3 Å². The Morgan fingerprint density at radius 2 is 1.17 bits per heavy atom. The average molecular weight is 238 g/mol. The fraction of sp³-hybridized carbons (Fsp3) is 0.200. The minimum absolute atomic E-state index is 0.130. The third-order valence-electron chi connectivity index (χ3n) is 3.31. The molecule has 2 atom stereocenters. The molecule has 0 aromatic heterocycles. The third-order valence-corrected chi connectivity index (χ3v) is 3.31. The summed E-state index contributed by atoms with van der Waals surface area (Å²) in [5.41, 5.74) is 2.45. The lowest BCUT2D eigenvalue weighted by Gasteiger charge is -2.30. The smallest absolute Gasteiger partial charge is 0.407 e. The standard InChI is InChI=1S/C15H15BO2/c1-3-7-12(8-4-1)14-11-15(18-16-17-14)13-9-5-2-6-10-13/h1-10,14-16H,11H2. The molecule has 0 amide bonds. The molecule has 0 saturated carbocycles. The number of rotatable bonds is 2. The highest BCUT2D eigenvalue weighted by Gasteiger charge is 2.25. The van der Waals surface area contributed by atoms with Gasteiger partial charge in [0, 0.05) is 6.42 Å². The molecule has 90 valence electrons. The molecule has 0 bridgehead atoms. The lowest BCUT2D eigenvalue weighted by Crippen LogP contribution is -2.23. The van der Waals surface area contributed by atoms with Crippen LogP contribution in [-0.2, 0) is 9.31 Å². The van der Waals surface area contributed by atoms with Gasteiger partial charge in [0.25, 0.3) is 0 Å². The van der Waals surface area contributed by atoms with E-state index in [1.165, 1.54) is 11.1 Å². The molecule has 3 heteroatoms. The molecule has 1 aliphatic rings. The van der Waals surface area contributed by atoms with Crippen molar-refractivity contribution in [1.82, 2.24) is 0 Å². The predicted molar refractivity (Wildman–Crippen MR) is 72.3 cm³/mol. The molecule has 2 unspecified atom stereocenters. The lowest BCUT2D eigenvalue weighted by molar-refractivity contribution is 0.0306. The fourth-order valence-corrected chi connectivity index (χ4v) is 2.33. The van der Waals surface area contributed by atoms with Gasteiger partial charge >= 0.3 is 7.69 Å². The summed E-state index contributed by atoms with van der Waals surface area (Å²) < 4.78 is 11.4. The van der Waals surface area contributed by atoms with Crippen LogP contribution in [0.15, 0.2) is 60.7 Å². The van der Waals surface area contributed by atoms with Gasteiger partial charge in [-0.3, -0.25) is 0 Å². The second-order valence-corrected chi connectivity index (χ2v) is 4.49. The number of hydrogen-bond acceptors (Lipinski definition) is 2. The van der Waals surface area contributed by atoms with E-state index in [0.29, 0.717) is 7.69 Å². The molecule has 2 aromatic carbocycles. The van der Waals surface area contributed by atoms with Crippen LogP contribution in [-0.4, -0.2) is 7.69 Å². The highest BCUT2D eigenvalue weighted by Crippen LogP contribution is 2.34. The largest absolute Gasteiger partial charge is 0.438 e. The molecular weight excluding hydrogens is 223 g/mol. The molecule has 1 aliphatic heterocycles. The summed E-state index contributed by atoms with van der Waals surface area (Å²) in [5, 5.41) is 0. The predicted octanol–water partition coefficient (Wildman–Crippen LogP) is 3.17. The van der Waals surface area contributed by atoms with Crippen molar-refractivity contribution < 1.29 is 9.31 Å². The van der Waals surface area contributed by atoms with E-state index in [-0.39, 0.29) is 12.2 Å².